The summed E-state index contributed by atoms with van der Waals surface area (Å²) in [5, 5.41) is 6.53. The van der Waals surface area contributed by atoms with E-state index in [0.717, 1.165) is 25.8 Å². The van der Waals surface area contributed by atoms with Gasteiger partial charge in [-0.2, -0.15) is 0 Å². The molecule has 0 aromatic rings. The quantitative estimate of drug-likeness (QED) is 0.795. The Kier molecular flexibility index (Phi) is 3.34. The molecular weight excluding hydrogens is 216 g/mol. The number of carbonyl (C=O) groups is 1. The summed E-state index contributed by atoms with van der Waals surface area (Å²) in [6.07, 6.45) is 5.44. The third kappa shape index (κ3) is 3.87. The monoisotopic (exact) mass is 240 g/mol. The zero-order valence-corrected chi connectivity index (χ0v) is 11.1. The van der Waals surface area contributed by atoms with Crippen LogP contribution in [-0.4, -0.2) is 29.8 Å². The molecule has 0 aromatic carbocycles. The van der Waals surface area contributed by atoms with Crippen LogP contribution in [0.1, 0.15) is 52.9 Å². The molecule has 98 valence electrons. The van der Waals surface area contributed by atoms with Gasteiger partial charge in [0.1, 0.15) is 5.60 Å². The van der Waals surface area contributed by atoms with Crippen LogP contribution >= 0.6 is 0 Å². The predicted molar refractivity (Wildman–Crippen MR) is 67.0 cm³/mol. The van der Waals surface area contributed by atoms with E-state index in [-0.39, 0.29) is 11.6 Å². The minimum atomic E-state index is -0.411. The summed E-state index contributed by atoms with van der Waals surface area (Å²) in [5.74, 6) is 0. The molecule has 1 saturated heterocycles. The van der Waals surface area contributed by atoms with Gasteiger partial charge in [0.15, 0.2) is 0 Å². The molecule has 1 amide bonds. The minimum Gasteiger partial charge on any atom is -0.444 e. The Labute approximate surface area is 103 Å². The van der Waals surface area contributed by atoms with Crippen molar-refractivity contribution in [1.29, 1.82) is 0 Å². The van der Waals surface area contributed by atoms with Gasteiger partial charge in [0, 0.05) is 11.6 Å². The van der Waals surface area contributed by atoms with Gasteiger partial charge in [0.2, 0.25) is 0 Å². The van der Waals surface area contributed by atoms with Gasteiger partial charge in [-0.3, -0.25) is 0 Å². The molecule has 4 heteroatoms. The van der Waals surface area contributed by atoms with E-state index in [2.05, 4.69) is 10.6 Å². The lowest BCUT2D eigenvalue weighted by Crippen LogP contribution is -2.43. The molecule has 2 fully saturated rings. The lowest BCUT2D eigenvalue weighted by atomic mass is 10.0. The van der Waals surface area contributed by atoms with Crippen LogP contribution in [0.2, 0.25) is 0 Å². The van der Waals surface area contributed by atoms with Gasteiger partial charge in [-0.25, -0.2) is 4.79 Å². The van der Waals surface area contributed by atoms with E-state index in [4.69, 9.17) is 4.74 Å². The van der Waals surface area contributed by atoms with Crippen molar-refractivity contribution in [3.05, 3.63) is 0 Å². The van der Waals surface area contributed by atoms with E-state index in [1.165, 1.54) is 12.8 Å². The SMILES string of the molecule is CC(C)(C)OC(=O)NC1(CC2CCCN2)CC1. The van der Waals surface area contributed by atoms with Crippen molar-refractivity contribution in [2.75, 3.05) is 6.54 Å². The van der Waals surface area contributed by atoms with Crippen LogP contribution in [0.3, 0.4) is 0 Å². The fourth-order valence-electron chi connectivity index (χ4n) is 2.45. The predicted octanol–water partition coefficient (Wildman–Crippen LogP) is 2.19. The molecule has 2 aliphatic rings. The highest BCUT2D eigenvalue weighted by atomic mass is 16.6. The van der Waals surface area contributed by atoms with Crippen LogP contribution in [-0.2, 0) is 4.74 Å². The molecule has 1 saturated carbocycles. The Bertz CT molecular complexity index is 286. The number of rotatable bonds is 3. The molecule has 1 atom stereocenters. The van der Waals surface area contributed by atoms with E-state index in [9.17, 15) is 4.79 Å². The number of hydrogen-bond acceptors (Lipinski definition) is 3. The van der Waals surface area contributed by atoms with Gasteiger partial charge in [0.05, 0.1) is 0 Å². The molecule has 0 bridgehead atoms. The average Bonchev–Trinajstić information content (AvgIpc) is 2.72. The van der Waals surface area contributed by atoms with Crippen molar-refractivity contribution in [3.8, 4) is 0 Å². The maximum absolute atomic E-state index is 11.7. The zero-order chi connectivity index (χ0) is 12.5. The highest BCUT2D eigenvalue weighted by Gasteiger charge is 2.46. The van der Waals surface area contributed by atoms with Gasteiger partial charge in [-0.1, -0.05) is 0 Å². The van der Waals surface area contributed by atoms with Crippen molar-refractivity contribution in [3.63, 3.8) is 0 Å². The van der Waals surface area contributed by atoms with E-state index >= 15 is 0 Å². The summed E-state index contributed by atoms with van der Waals surface area (Å²) in [5.41, 5.74) is -0.393. The molecule has 1 aliphatic heterocycles. The van der Waals surface area contributed by atoms with Crippen LogP contribution in [0, 0.1) is 0 Å². The van der Waals surface area contributed by atoms with Crippen molar-refractivity contribution >= 4 is 6.09 Å². The Morgan fingerprint density at radius 2 is 2.18 bits per heavy atom. The van der Waals surface area contributed by atoms with Crippen molar-refractivity contribution in [2.24, 2.45) is 0 Å². The summed E-state index contributed by atoms with van der Waals surface area (Å²) in [4.78, 5) is 11.7. The third-order valence-corrected chi connectivity index (χ3v) is 3.42. The first-order valence-corrected chi connectivity index (χ1v) is 6.63. The van der Waals surface area contributed by atoms with Gasteiger partial charge in [-0.15, -0.1) is 0 Å². The molecule has 1 heterocycles. The van der Waals surface area contributed by atoms with Crippen molar-refractivity contribution in [1.82, 2.24) is 10.6 Å². The molecule has 1 unspecified atom stereocenters. The fourth-order valence-corrected chi connectivity index (χ4v) is 2.45. The smallest absolute Gasteiger partial charge is 0.408 e. The van der Waals surface area contributed by atoms with E-state index in [1.807, 2.05) is 20.8 Å². The Hall–Kier alpha value is -0.770. The zero-order valence-electron chi connectivity index (χ0n) is 11.1. The van der Waals surface area contributed by atoms with Crippen molar-refractivity contribution in [2.45, 2.75) is 70.1 Å². The number of hydrogen-bond donors (Lipinski definition) is 2. The lowest BCUT2D eigenvalue weighted by molar-refractivity contribution is 0.0491. The molecule has 1 aliphatic carbocycles. The molecule has 0 spiro atoms. The number of nitrogens with one attached hydrogen (secondary N) is 2. The molecule has 4 nitrogen and oxygen atoms in total. The summed E-state index contributed by atoms with van der Waals surface area (Å²) in [6, 6.07) is 0.576. The van der Waals surface area contributed by atoms with Gasteiger partial charge in [-0.05, 0) is 59.4 Å². The Balaban J connectivity index is 1.79. The van der Waals surface area contributed by atoms with Crippen LogP contribution in [0.5, 0.6) is 0 Å². The molecule has 2 N–H and O–H groups in total. The van der Waals surface area contributed by atoms with Crippen LogP contribution in [0.25, 0.3) is 0 Å². The lowest BCUT2D eigenvalue weighted by Gasteiger charge is -2.25. The second-order valence-electron chi connectivity index (χ2n) is 6.40. The summed E-state index contributed by atoms with van der Waals surface area (Å²) >= 11 is 0. The number of alkyl carbamates (subject to hydrolysis) is 1. The summed E-state index contributed by atoms with van der Waals surface area (Å²) in [6.45, 7) is 6.80. The summed E-state index contributed by atoms with van der Waals surface area (Å²) < 4.78 is 5.31. The van der Waals surface area contributed by atoms with E-state index in [0.29, 0.717) is 6.04 Å². The van der Waals surface area contributed by atoms with Crippen molar-refractivity contribution < 1.29 is 9.53 Å². The minimum absolute atomic E-state index is 0.0182. The second kappa shape index (κ2) is 4.48. The number of amides is 1. The number of ether oxygens (including phenoxy) is 1. The van der Waals surface area contributed by atoms with E-state index in [1.54, 1.807) is 0 Å². The first-order chi connectivity index (χ1) is 7.89. The highest BCUT2D eigenvalue weighted by molar-refractivity contribution is 5.69. The summed E-state index contributed by atoms with van der Waals surface area (Å²) in [7, 11) is 0. The average molecular weight is 240 g/mol. The third-order valence-electron chi connectivity index (χ3n) is 3.42. The van der Waals surface area contributed by atoms with Gasteiger partial charge >= 0.3 is 6.09 Å². The van der Waals surface area contributed by atoms with Gasteiger partial charge < -0.3 is 15.4 Å². The normalized spacial score (nSPS) is 26.6. The topological polar surface area (TPSA) is 50.4 Å². The van der Waals surface area contributed by atoms with Crippen LogP contribution < -0.4 is 10.6 Å². The van der Waals surface area contributed by atoms with Gasteiger partial charge in [0.25, 0.3) is 0 Å². The second-order valence-corrected chi connectivity index (χ2v) is 6.40. The fraction of sp³-hybridized carbons (Fsp3) is 0.923. The largest absolute Gasteiger partial charge is 0.444 e. The van der Waals surface area contributed by atoms with Crippen LogP contribution in [0.4, 0.5) is 4.79 Å². The first kappa shape index (κ1) is 12.7. The molecule has 2 rings (SSSR count). The highest BCUT2D eigenvalue weighted by Crippen LogP contribution is 2.41. The van der Waals surface area contributed by atoms with Crippen LogP contribution in [0.15, 0.2) is 0 Å². The maximum Gasteiger partial charge on any atom is 0.408 e. The standard InChI is InChI=1S/C13H24N2O2/c1-12(2,3)17-11(16)15-13(6-7-13)9-10-5-4-8-14-10/h10,14H,4-9H2,1-3H3,(H,15,16). The molecule has 0 radical (unpaired) electrons. The van der Waals surface area contributed by atoms with E-state index < -0.39 is 5.60 Å². The molecule has 0 aromatic heterocycles. The number of carbonyl (C=O) groups excluding carboxylic acids is 1. The first-order valence-electron chi connectivity index (χ1n) is 6.63. The Morgan fingerprint density at radius 3 is 2.65 bits per heavy atom. The maximum atomic E-state index is 11.7. The Morgan fingerprint density at radius 1 is 1.47 bits per heavy atom. The molecule has 17 heavy (non-hydrogen) atoms. The molecular formula is C13H24N2O2.